The molecular formula is C18H23N3O. The summed E-state index contributed by atoms with van der Waals surface area (Å²) in [4.78, 5) is 4.28. The second-order valence-electron chi connectivity index (χ2n) is 4.96. The predicted octanol–water partition coefficient (Wildman–Crippen LogP) is 3.06. The highest BCUT2D eigenvalue weighted by atomic mass is 16.5. The Kier molecular flexibility index (Phi) is 6.99. The molecule has 3 N–H and O–H groups in total. The number of nitrogens with two attached hydrogens (primary N) is 1. The molecule has 0 heterocycles. The maximum absolute atomic E-state index is 5.82. The molecule has 0 aromatic heterocycles. The molecule has 0 aliphatic heterocycles. The number of hydrogen-bond acceptors (Lipinski definition) is 2. The maximum Gasteiger partial charge on any atom is 0.193 e. The minimum absolute atomic E-state index is 0.440. The summed E-state index contributed by atoms with van der Waals surface area (Å²) >= 11 is 0. The van der Waals surface area contributed by atoms with Crippen molar-refractivity contribution in [3.8, 4) is 0 Å². The van der Waals surface area contributed by atoms with Crippen LogP contribution in [0.25, 0.3) is 0 Å². The highest BCUT2D eigenvalue weighted by Crippen LogP contribution is 2.04. The molecule has 0 radical (unpaired) electrons. The van der Waals surface area contributed by atoms with E-state index in [1.807, 2.05) is 48.5 Å². The summed E-state index contributed by atoms with van der Waals surface area (Å²) < 4.78 is 5.61. The quantitative estimate of drug-likeness (QED) is 0.447. The molecule has 0 saturated carbocycles. The van der Waals surface area contributed by atoms with E-state index >= 15 is 0 Å². The van der Waals surface area contributed by atoms with Crippen LogP contribution in [0.1, 0.15) is 12.0 Å². The third-order valence-corrected chi connectivity index (χ3v) is 3.15. The van der Waals surface area contributed by atoms with Crippen molar-refractivity contribution in [3.63, 3.8) is 0 Å². The van der Waals surface area contributed by atoms with E-state index in [0.717, 1.165) is 25.1 Å². The zero-order chi connectivity index (χ0) is 15.5. The largest absolute Gasteiger partial charge is 0.381 e. The highest BCUT2D eigenvalue weighted by Gasteiger charge is 1.95. The summed E-state index contributed by atoms with van der Waals surface area (Å²) in [5.41, 5.74) is 8.07. The van der Waals surface area contributed by atoms with Gasteiger partial charge in [0.2, 0.25) is 0 Å². The molecule has 0 aliphatic carbocycles. The van der Waals surface area contributed by atoms with Crippen molar-refractivity contribution in [2.24, 2.45) is 10.7 Å². The molecule has 2 aromatic carbocycles. The molecule has 116 valence electrons. The Morgan fingerprint density at radius 1 is 0.955 bits per heavy atom. The van der Waals surface area contributed by atoms with Crippen molar-refractivity contribution in [2.75, 3.05) is 25.1 Å². The third-order valence-electron chi connectivity index (χ3n) is 3.15. The minimum atomic E-state index is 0.440. The molecule has 0 bridgehead atoms. The summed E-state index contributed by atoms with van der Waals surface area (Å²) in [6.07, 6.45) is 1.81. The Bertz CT molecular complexity index is 555. The monoisotopic (exact) mass is 297 g/mol. The Morgan fingerprint density at radius 2 is 1.64 bits per heavy atom. The van der Waals surface area contributed by atoms with Crippen molar-refractivity contribution in [1.29, 1.82) is 0 Å². The van der Waals surface area contributed by atoms with Crippen LogP contribution in [0, 0.1) is 0 Å². The second kappa shape index (κ2) is 9.58. The number of hydrogen-bond donors (Lipinski definition) is 2. The van der Waals surface area contributed by atoms with Crippen LogP contribution in [0.5, 0.6) is 0 Å². The second-order valence-corrected chi connectivity index (χ2v) is 4.96. The van der Waals surface area contributed by atoms with Crippen LogP contribution < -0.4 is 11.1 Å². The van der Waals surface area contributed by atoms with Gasteiger partial charge in [0.15, 0.2) is 5.96 Å². The van der Waals surface area contributed by atoms with Gasteiger partial charge >= 0.3 is 0 Å². The molecule has 0 aliphatic rings. The fourth-order valence-corrected chi connectivity index (χ4v) is 2.01. The number of nitrogens with zero attached hydrogens (tertiary/aromatic N) is 1. The number of benzene rings is 2. The van der Waals surface area contributed by atoms with Gasteiger partial charge < -0.3 is 15.8 Å². The third kappa shape index (κ3) is 6.41. The maximum atomic E-state index is 5.82. The molecule has 0 unspecified atom stereocenters. The number of rotatable bonds is 8. The molecule has 2 aromatic rings. The Balaban J connectivity index is 1.54. The van der Waals surface area contributed by atoms with Crippen LogP contribution in [0.2, 0.25) is 0 Å². The first-order valence-corrected chi connectivity index (χ1v) is 7.58. The Hall–Kier alpha value is -2.33. The van der Waals surface area contributed by atoms with Gasteiger partial charge in [-0.15, -0.1) is 0 Å². The molecule has 0 saturated heterocycles. The topological polar surface area (TPSA) is 59.6 Å². The van der Waals surface area contributed by atoms with Gasteiger partial charge in [-0.1, -0.05) is 48.5 Å². The number of para-hydroxylation sites is 1. The Labute approximate surface area is 132 Å². The molecule has 2 rings (SSSR count). The molecule has 0 amide bonds. The first-order chi connectivity index (χ1) is 10.8. The van der Waals surface area contributed by atoms with E-state index < -0.39 is 0 Å². The summed E-state index contributed by atoms with van der Waals surface area (Å²) in [5.74, 6) is 0.440. The van der Waals surface area contributed by atoms with Crippen molar-refractivity contribution in [3.05, 3.63) is 66.2 Å². The van der Waals surface area contributed by atoms with Gasteiger partial charge in [0.1, 0.15) is 0 Å². The summed E-state index contributed by atoms with van der Waals surface area (Å²) in [5, 5.41) is 3.05. The van der Waals surface area contributed by atoms with Gasteiger partial charge in [-0.3, -0.25) is 4.99 Å². The number of ether oxygens (including phenoxy) is 1. The fourth-order valence-electron chi connectivity index (χ4n) is 2.01. The molecule has 0 fully saturated rings. The lowest BCUT2D eigenvalue weighted by Crippen LogP contribution is -2.22. The first kappa shape index (κ1) is 16.0. The Morgan fingerprint density at radius 3 is 2.36 bits per heavy atom. The lowest BCUT2D eigenvalue weighted by atomic mass is 10.2. The lowest BCUT2D eigenvalue weighted by Gasteiger charge is -2.06. The van der Waals surface area contributed by atoms with Gasteiger partial charge in [0, 0.05) is 18.8 Å². The van der Waals surface area contributed by atoms with Gasteiger partial charge in [-0.05, 0) is 30.5 Å². The molecule has 0 atom stereocenters. The lowest BCUT2D eigenvalue weighted by molar-refractivity contribution is 0.136. The fraction of sp³-hybridized carbons (Fsp3) is 0.278. The summed E-state index contributed by atoms with van der Waals surface area (Å²) in [7, 11) is 0. The van der Waals surface area contributed by atoms with Crippen LogP contribution in [-0.2, 0) is 11.2 Å². The minimum Gasteiger partial charge on any atom is -0.381 e. The highest BCUT2D eigenvalue weighted by molar-refractivity contribution is 5.92. The van der Waals surface area contributed by atoms with Crippen molar-refractivity contribution in [2.45, 2.75) is 12.8 Å². The van der Waals surface area contributed by atoms with E-state index in [-0.39, 0.29) is 0 Å². The first-order valence-electron chi connectivity index (χ1n) is 7.58. The van der Waals surface area contributed by atoms with E-state index in [1.165, 1.54) is 5.56 Å². The number of anilines is 1. The predicted molar refractivity (Wildman–Crippen MR) is 92.1 cm³/mol. The summed E-state index contributed by atoms with van der Waals surface area (Å²) in [6, 6.07) is 20.1. The van der Waals surface area contributed by atoms with Crippen LogP contribution in [0.4, 0.5) is 5.69 Å². The van der Waals surface area contributed by atoms with Gasteiger partial charge in [0.25, 0.3) is 0 Å². The van der Waals surface area contributed by atoms with Gasteiger partial charge in [0.05, 0.1) is 6.61 Å². The zero-order valence-electron chi connectivity index (χ0n) is 12.7. The summed E-state index contributed by atoms with van der Waals surface area (Å²) in [6.45, 7) is 2.11. The van der Waals surface area contributed by atoms with Crippen LogP contribution in [-0.4, -0.2) is 25.7 Å². The van der Waals surface area contributed by atoms with E-state index in [9.17, 15) is 0 Å². The SMILES string of the molecule is NC(=NCCCOCCc1ccccc1)Nc1ccccc1. The average molecular weight is 297 g/mol. The van der Waals surface area contributed by atoms with E-state index in [4.69, 9.17) is 10.5 Å². The van der Waals surface area contributed by atoms with Crippen molar-refractivity contribution >= 4 is 11.6 Å². The molecule has 4 heteroatoms. The van der Waals surface area contributed by atoms with Crippen molar-refractivity contribution < 1.29 is 4.74 Å². The number of aliphatic imine (C=N–C) groups is 1. The molecule has 22 heavy (non-hydrogen) atoms. The van der Waals surface area contributed by atoms with Crippen LogP contribution in [0.3, 0.4) is 0 Å². The van der Waals surface area contributed by atoms with Gasteiger partial charge in [-0.25, -0.2) is 0 Å². The average Bonchev–Trinajstić information content (AvgIpc) is 2.56. The van der Waals surface area contributed by atoms with Crippen molar-refractivity contribution in [1.82, 2.24) is 0 Å². The molecule has 0 spiro atoms. The van der Waals surface area contributed by atoms with E-state index in [1.54, 1.807) is 0 Å². The zero-order valence-corrected chi connectivity index (χ0v) is 12.7. The smallest absolute Gasteiger partial charge is 0.193 e. The van der Waals surface area contributed by atoms with E-state index in [0.29, 0.717) is 19.1 Å². The molecule has 4 nitrogen and oxygen atoms in total. The standard InChI is InChI=1S/C18H23N3O/c19-18(21-17-10-5-2-6-11-17)20-13-7-14-22-15-12-16-8-3-1-4-9-16/h1-6,8-11H,7,12-15H2,(H3,19,20,21). The van der Waals surface area contributed by atoms with Gasteiger partial charge in [-0.2, -0.15) is 0 Å². The number of nitrogens with one attached hydrogen (secondary N) is 1. The molecular weight excluding hydrogens is 274 g/mol. The van der Waals surface area contributed by atoms with E-state index in [2.05, 4.69) is 22.4 Å². The van der Waals surface area contributed by atoms with Crippen LogP contribution in [0.15, 0.2) is 65.7 Å². The van der Waals surface area contributed by atoms with Crippen LogP contribution >= 0.6 is 0 Å². The number of guanidine groups is 1. The normalized spacial score (nSPS) is 11.4.